The summed E-state index contributed by atoms with van der Waals surface area (Å²) in [7, 11) is 0. The van der Waals surface area contributed by atoms with Crippen molar-refractivity contribution in [3.63, 3.8) is 0 Å². The maximum Gasteiger partial charge on any atom is 0.261 e. The van der Waals surface area contributed by atoms with Crippen molar-refractivity contribution in [1.29, 1.82) is 0 Å². The highest BCUT2D eigenvalue weighted by Crippen LogP contribution is 2.08. The molecule has 2 aromatic rings. The standard InChI is InChI=1S/C14H13ClN2O2S/c15-12-5-3-11(4-6-12)8-17-19-10-14(18)16-9-13-2-1-7-20-13/h1-8H,9-10H2,(H,16,18)/b17-8-. The quantitative estimate of drug-likeness (QED) is 0.658. The SMILES string of the molecule is O=C(CO/N=C\c1ccc(Cl)cc1)NCc1cccs1. The Kier molecular flexibility index (Phi) is 5.58. The Morgan fingerprint density at radius 1 is 1.35 bits per heavy atom. The molecule has 1 aromatic carbocycles. The summed E-state index contributed by atoms with van der Waals surface area (Å²) in [5.41, 5.74) is 0.855. The lowest BCUT2D eigenvalue weighted by Gasteiger charge is -2.02. The number of carbonyl (C=O) groups is 1. The van der Waals surface area contributed by atoms with E-state index in [4.69, 9.17) is 16.4 Å². The van der Waals surface area contributed by atoms with E-state index < -0.39 is 0 Å². The van der Waals surface area contributed by atoms with Crippen LogP contribution in [0.4, 0.5) is 0 Å². The molecule has 1 aromatic heterocycles. The van der Waals surface area contributed by atoms with Crippen LogP contribution in [0.2, 0.25) is 5.02 Å². The first-order chi connectivity index (χ1) is 9.74. The van der Waals surface area contributed by atoms with Gasteiger partial charge in [-0.25, -0.2) is 0 Å². The molecule has 0 fully saturated rings. The molecule has 0 radical (unpaired) electrons. The Hall–Kier alpha value is -1.85. The van der Waals surface area contributed by atoms with Crippen LogP contribution in [-0.4, -0.2) is 18.7 Å². The lowest BCUT2D eigenvalue weighted by Crippen LogP contribution is -2.26. The van der Waals surface area contributed by atoms with E-state index in [0.29, 0.717) is 11.6 Å². The normalized spacial score (nSPS) is 10.7. The Morgan fingerprint density at radius 2 is 2.15 bits per heavy atom. The topological polar surface area (TPSA) is 50.7 Å². The summed E-state index contributed by atoms with van der Waals surface area (Å²) in [5.74, 6) is -0.202. The number of amides is 1. The molecular formula is C14H13ClN2O2S. The van der Waals surface area contributed by atoms with Gasteiger partial charge in [0.2, 0.25) is 0 Å². The Bertz CT molecular complexity index is 567. The monoisotopic (exact) mass is 308 g/mol. The van der Waals surface area contributed by atoms with E-state index in [0.717, 1.165) is 10.4 Å². The van der Waals surface area contributed by atoms with Gasteiger partial charge < -0.3 is 10.2 Å². The van der Waals surface area contributed by atoms with Gasteiger partial charge in [-0.15, -0.1) is 11.3 Å². The van der Waals surface area contributed by atoms with Crippen molar-refractivity contribution in [2.24, 2.45) is 5.16 Å². The molecule has 20 heavy (non-hydrogen) atoms. The summed E-state index contributed by atoms with van der Waals surface area (Å²) in [6.07, 6.45) is 1.53. The molecule has 0 unspecified atom stereocenters. The summed E-state index contributed by atoms with van der Waals surface area (Å²) in [4.78, 5) is 17.5. The van der Waals surface area contributed by atoms with Crippen LogP contribution in [0.25, 0.3) is 0 Å². The predicted molar refractivity (Wildman–Crippen MR) is 81.2 cm³/mol. The van der Waals surface area contributed by atoms with Crippen molar-refractivity contribution in [2.45, 2.75) is 6.54 Å². The van der Waals surface area contributed by atoms with Gasteiger partial charge in [-0.2, -0.15) is 0 Å². The number of rotatable bonds is 6. The number of hydrogen-bond acceptors (Lipinski definition) is 4. The van der Waals surface area contributed by atoms with Crippen LogP contribution in [-0.2, 0) is 16.2 Å². The van der Waals surface area contributed by atoms with Crippen LogP contribution >= 0.6 is 22.9 Å². The average Bonchev–Trinajstić information content (AvgIpc) is 2.96. The van der Waals surface area contributed by atoms with E-state index in [1.165, 1.54) is 6.21 Å². The minimum atomic E-state index is -0.202. The largest absolute Gasteiger partial charge is 0.386 e. The van der Waals surface area contributed by atoms with Gasteiger partial charge in [-0.05, 0) is 29.1 Å². The summed E-state index contributed by atoms with van der Waals surface area (Å²) >= 11 is 7.36. The highest BCUT2D eigenvalue weighted by atomic mass is 35.5. The molecule has 6 heteroatoms. The van der Waals surface area contributed by atoms with Gasteiger partial charge in [0.25, 0.3) is 5.91 Å². The van der Waals surface area contributed by atoms with E-state index in [9.17, 15) is 4.79 Å². The third-order valence-electron chi connectivity index (χ3n) is 2.38. The third-order valence-corrected chi connectivity index (χ3v) is 3.51. The van der Waals surface area contributed by atoms with Crippen LogP contribution in [0.15, 0.2) is 46.9 Å². The maximum absolute atomic E-state index is 11.5. The predicted octanol–water partition coefficient (Wildman–Crippen LogP) is 3.07. The first kappa shape index (κ1) is 14.6. The van der Waals surface area contributed by atoms with Gasteiger partial charge in [0, 0.05) is 9.90 Å². The molecule has 2 rings (SSSR count). The average molecular weight is 309 g/mol. The van der Waals surface area contributed by atoms with E-state index in [1.807, 2.05) is 29.6 Å². The van der Waals surface area contributed by atoms with E-state index in [2.05, 4.69) is 10.5 Å². The van der Waals surface area contributed by atoms with Gasteiger partial charge >= 0.3 is 0 Å². The number of halogens is 1. The molecular weight excluding hydrogens is 296 g/mol. The maximum atomic E-state index is 11.5. The minimum Gasteiger partial charge on any atom is -0.386 e. The van der Waals surface area contributed by atoms with Crippen LogP contribution in [0.1, 0.15) is 10.4 Å². The fourth-order valence-corrected chi connectivity index (χ4v) is 2.16. The number of carbonyl (C=O) groups excluding carboxylic acids is 1. The molecule has 1 heterocycles. The fraction of sp³-hybridized carbons (Fsp3) is 0.143. The zero-order chi connectivity index (χ0) is 14.2. The lowest BCUT2D eigenvalue weighted by atomic mass is 10.2. The smallest absolute Gasteiger partial charge is 0.261 e. The zero-order valence-corrected chi connectivity index (χ0v) is 12.2. The Labute approximate surface area is 126 Å². The number of nitrogens with one attached hydrogen (secondary N) is 1. The molecule has 0 spiro atoms. The summed E-state index contributed by atoms with van der Waals surface area (Å²) < 4.78 is 0. The van der Waals surface area contributed by atoms with Gasteiger partial charge in [0.1, 0.15) is 0 Å². The Morgan fingerprint density at radius 3 is 2.85 bits per heavy atom. The molecule has 0 saturated heterocycles. The van der Waals surface area contributed by atoms with Gasteiger partial charge in [-0.3, -0.25) is 4.79 Å². The zero-order valence-electron chi connectivity index (χ0n) is 10.6. The molecule has 0 atom stereocenters. The molecule has 4 nitrogen and oxygen atoms in total. The molecule has 104 valence electrons. The number of hydrogen-bond donors (Lipinski definition) is 1. The van der Waals surface area contributed by atoms with Gasteiger partial charge in [0.15, 0.2) is 6.61 Å². The lowest BCUT2D eigenvalue weighted by molar-refractivity contribution is -0.125. The van der Waals surface area contributed by atoms with Gasteiger partial charge in [-0.1, -0.05) is 35.0 Å². The number of thiophene rings is 1. The van der Waals surface area contributed by atoms with Crippen LogP contribution < -0.4 is 5.32 Å². The van der Waals surface area contributed by atoms with E-state index >= 15 is 0 Å². The second-order valence-corrected chi connectivity index (χ2v) is 5.38. The van der Waals surface area contributed by atoms with Crippen LogP contribution in [0.3, 0.4) is 0 Å². The second-order valence-electron chi connectivity index (χ2n) is 3.92. The summed E-state index contributed by atoms with van der Waals surface area (Å²) in [6, 6.07) is 11.1. The van der Waals surface area contributed by atoms with E-state index in [1.54, 1.807) is 23.5 Å². The van der Waals surface area contributed by atoms with Crippen molar-refractivity contribution in [2.75, 3.05) is 6.61 Å². The van der Waals surface area contributed by atoms with E-state index in [-0.39, 0.29) is 12.5 Å². The molecule has 0 aliphatic rings. The van der Waals surface area contributed by atoms with Crippen molar-refractivity contribution in [1.82, 2.24) is 5.32 Å². The molecule has 1 amide bonds. The minimum absolute atomic E-state index is 0.102. The molecule has 0 saturated carbocycles. The Balaban J connectivity index is 1.67. The molecule has 0 aliphatic heterocycles. The number of benzene rings is 1. The highest BCUT2D eigenvalue weighted by molar-refractivity contribution is 7.09. The van der Waals surface area contributed by atoms with Crippen LogP contribution in [0.5, 0.6) is 0 Å². The van der Waals surface area contributed by atoms with Crippen molar-refractivity contribution in [3.05, 3.63) is 57.2 Å². The number of oxime groups is 1. The fourth-order valence-electron chi connectivity index (χ4n) is 1.39. The first-order valence-corrected chi connectivity index (χ1v) is 7.20. The molecule has 1 N–H and O–H groups in total. The first-order valence-electron chi connectivity index (χ1n) is 5.94. The molecule has 0 aliphatic carbocycles. The van der Waals surface area contributed by atoms with Crippen LogP contribution in [0, 0.1) is 0 Å². The van der Waals surface area contributed by atoms with Crippen molar-refractivity contribution < 1.29 is 9.63 Å². The highest BCUT2D eigenvalue weighted by Gasteiger charge is 2.01. The van der Waals surface area contributed by atoms with Gasteiger partial charge in [0.05, 0.1) is 12.8 Å². The number of nitrogens with zero attached hydrogens (tertiary/aromatic N) is 1. The second kappa shape index (κ2) is 7.67. The summed E-state index contributed by atoms with van der Waals surface area (Å²) in [6.45, 7) is 0.413. The molecule has 0 bridgehead atoms. The van der Waals surface area contributed by atoms with Crippen molar-refractivity contribution >= 4 is 35.1 Å². The third kappa shape index (κ3) is 5.03. The summed E-state index contributed by atoms with van der Waals surface area (Å²) in [5, 5.41) is 9.11. The van der Waals surface area contributed by atoms with Crippen molar-refractivity contribution in [3.8, 4) is 0 Å².